The molecule has 1 N–H and O–H groups in total. The van der Waals surface area contributed by atoms with Crippen LogP contribution in [-0.2, 0) is 0 Å². The fourth-order valence-corrected chi connectivity index (χ4v) is 3.08. The number of anilines is 1. The molecule has 120 valence electrons. The molecule has 24 heavy (non-hydrogen) atoms. The lowest BCUT2D eigenvalue weighted by Gasteiger charge is -2.34. The average Bonchev–Trinajstić information content (AvgIpc) is 3.09. The van der Waals surface area contributed by atoms with Crippen molar-refractivity contribution < 1.29 is 0 Å². The Bertz CT molecular complexity index is 915. The van der Waals surface area contributed by atoms with Crippen LogP contribution in [0, 0.1) is 11.3 Å². The lowest BCUT2D eigenvalue weighted by Crippen LogP contribution is -2.44. The van der Waals surface area contributed by atoms with Gasteiger partial charge in [0.25, 0.3) is 0 Å². The van der Waals surface area contributed by atoms with Gasteiger partial charge in [0.15, 0.2) is 5.65 Å². The number of nitrogens with zero attached hydrogens (tertiary/aromatic N) is 5. The molecule has 0 radical (unpaired) electrons. The van der Waals surface area contributed by atoms with Crippen molar-refractivity contribution in [3.63, 3.8) is 0 Å². The lowest BCUT2D eigenvalue weighted by molar-refractivity contribution is 0.313. The maximum absolute atomic E-state index is 9.58. The van der Waals surface area contributed by atoms with Crippen LogP contribution in [0.1, 0.15) is 5.56 Å². The van der Waals surface area contributed by atoms with E-state index in [4.69, 9.17) is 0 Å². The number of rotatable bonds is 2. The topological polar surface area (TPSA) is 71.8 Å². The summed E-state index contributed by atoms with van der Waals surface area (Å²) in [6.45, 7) is 3.92. The van der Waals surface area contributed by atoms with Gasteiger partial charge in [0.1, 0.15) is 11.6 Å². The van der Waals surface area contributed by atoms with Crippen molar-refractivity contribution in [1.82, 2.24) is 19.9 Å². The largest absolute Gasteiger partial charge is 0.368 e. The molecule has 1 aliphatic heterocycles. The Balaban J connectivity index is 1.69. The van der Waals surface area contributed by atoms with Crippen molar-refractivity contribution in [2.45, 2.75) is 0 Å². The minimum absolute atomic E-state index is 0.688. The summed E-state index contributed by atoms with van der Waals surface area (Å²) in [5.74, 6) is 0. The molecule has 4 rings (SSSR count). The van der Waals surface area contributed by atoms with Gasteiger partial charge in [0.05, 0.1) is 23.1 Å². The summed E-state index contributed by atoms with van der Waals surface area (Å²) >= 11 is 0. The Morgan fingerprint density at radius 2 is 2.00 bits per heavy atom. The molecule has 0 saturated carbocycles. The van der Waals surface area contributed by atoms with Gasteiger partial charge in [-0.15, -0.1) is 0 Å². The molecule has 1 fully saturated rings. The highest BCUT2D eigenvalue weighted by Crippen LogP contribution is 2.27. The van der Waals surface area contributed by atoms with Crippen LogP contribution in [0.3, 0.4) is 0 Å². The monoisotopic (exact) mass is 318 g/mol. The first-order valence-electron chi connectivity index (χ1n) is 8.03. The third-order valence-electron chi connectivity index (χ3n) is 4.52. The van der Waals surface area contributed by atoms with Crippen LogP contribution in [0.5, 0.6) is 0 Å². The number of piperazine rings is 1. The van der Waals surface area contributed by atoms with Crippen molar-refractivity contribution in [3.8, 4) is 17.3 Å². The van der Waals surface area contributed by atoms with E-state index in [0.29, 0.717) is 5.56 Å². The van der Waals surface area contributed by atoms with E-state index in [0.717, 1.165) is 54.3 Å². The zero-order chi connectivity index (χ0) is 16.5. The lowest BCUT2D eigenvalue weighted by atomic mass is 10.1. The molecule has 0 spiro atoms. The predicted molar refractivity (Wildman–Crippen MR) is 93.7 cm³/mol. The number of aromatic nitrogens is 3. The van der Waals surface area contributed by atoms with Crippen molar-refractivity contribution in [2.24, 2.45) is 0 Å². The Morgan fingerprint density at radius 1 is 1.17 bits per heavy atom. The molecule has 1 aromatic carbocycles. The summed E-state index contributed by atoms with van der Waals surface area (Å²) in [6.07, 6.45) is 3.57. The van der Waals surface area contributed by atoms with E-state index in [1.807, 2.05) is 30.5 Å². The second-order valence-corrected chi connectivity index (χ2v) is 6.10. The Labute approximate surface area is 140 Å². The molecule has 3 heterocycles. The highest BCUT2D eigenvalue weighted by Gasteiger charge is 2.17. The van der Waals surface area contributed by atoms with Gasteiger partial charge in [-0.2, -0.15) is 5.26 Å². The summed E-state index contributed by atoms with van der Waals surface area (Å²) < 4.78 is 0. The molecule has 0 atom stereocenters. The number of hydrogen-bond acceptors (Lipinski definition) is 5. The van der Waals surface area contributed by atoms with Gasteiger partial charge in [0, 0.05) is 37.9 Å². The SMILES string of the molecule is CN1CCN(c2ccc(-c3cnc4[nH]ccc4n3)cc2C#N)CC1. The van der Waals surface area contributed by atoms with Crippen molar-refractivity contribution >= 4 is 16.9 Å². The highest BCUT2D eigenvalue weighted by molar-refractivity contribution is 5.76. The van der Waals surface area contributed by atoms with Crippen LogP contribution >= 0.6 is 0 Å². The molecule has 3 aromatic rings. The third-order valence-corrected chi connectivity index (χ3v) is 4.52. The zero-order valence-electron chi connectivity index (χ0n) is 13.5. The molecular weight excluding hydrogens is 300 g/mol. The number of nitrogens with one attached hydrogen (secondary N) is 1. The second-order valence-electron chi connectivity index (χ2n) is 6.10. The molecule has 1 saturated heterocycles. The van der Waals surface area contributed by atoms with Crippen molar-refractivity contribution in [1.29, 1.82) is 5.26 Å². The van der Waals surface area contributed by atoms with E-state index in [1.165, 1.54) is 0 Å². The van der Waals surface area contributed by atoms with Gasteiger partial charge >= 0.3 is 0 Å². The van der Waals surface area contributed by atoms with E-state index in [-0.39, 0.29) is 0 Å². The maximum Gasteiger partial charge on any atom is 0.156 e. The van der Waals surface area contributed by atoms with Crippen LogP contribution in [0.2, 0.25) is 0 Å². The van der Waals surface area contributed by atoms with E-state index >= 15 is 0 Å². The summed E-state index contributed by atoms with van der Waals surface area (Å²) in [5.41, 5.74) is 4.99. The van der Waals surface area contributed by atoms with E-state index in [2.05, 4.69) is 37.9 Å². The van der Waals surface area contributed by atoms with Gasteiger partial charge < -0.3 is 14.8 Å². The molecule has 1 aliphatic rings. The van der Waals surface area contributed by atoms with Gasteiger partial charge in [-0.25, -0.2) is 9.97 Å². The molecule has 0 unspecified atom stereocenters. The summed E-state index contributed by atoms with van der Waals surface area (Å²) in [7, 11) is 2.13. The van der Waals surface area contributed by atoms with E-state index < -0.39 is 0 Å². The fraction of sp³-hybridized carbons (Fsp3) is 0.278. The molecule has 0 amide bonds. The predicted octanol–water partition coefficient (Wildman–Crippen LogP) is 2.25. The molecular formula is C18H18N6. The van der Waals surface area contributed by atoms with Gasteiger partial charge in [-0.1, -0.05) is 6.07 Å². The highest BCUT2D eigenvalue weighted by atomic mass is 15.2. The normalized spacial score (nSPS) is 15.6. The van der Waals surface area contributed by atoms with Crippen LogP contribution in [0.15, 0.2) is 36.7 Å². The first-order chi connectivity index (χ1) is 11.7. The summed E-state index contributed by atoms with van der Waals surface area (Å²) in [4.78, 5) is 16.6. The third kappa shape index (κ3) is 2.59. The molecule has 0 bridgehead atoms. The number of likely N-dealkylation sites (N-methyl/N-ethyl adjacent to an activating group) is 1. The average molecular weight is 318 g/mol. The van der Waals surface area contributed by atoms with Gasteiger partial charge in [-0.05, 0) is 25.2 Å². The number of nitriles is 1. The maximum atomic E-state index is 9.58. The number of H-pyrrole nitrogens is 1. The molecule has 6 heteroatoms. The quantitative estimate of drug-likeness (QED) is 0.784. The van der Waals surface area contributed by atoms with Crippen molar-refractivity contribution in [2.75, 3.05) is 38.1 Å². The number of fused-ring (bicyclic) bond motifs is 1. The smallest absolute Gasteiger partial charge is 0.156 e. The fourth-order valence-electron chi connectivity index (χ4n) is 3.08. The standard InChI is InChI=1S/C18H18N6/c1-23-6-8-24(9-7-23)17-3-2-13(10-14(17)11-19)16-12-21-18-15(22-16)4-5-20-18/h2-5,10,12H,6-9H2,1H3,(H,20,21). The van der Waals surface area contributed by atoms with Crippen LogP contribution in [-0.4, -0.2) is 53.1 Å². The Kier molecular flexibility index (Phi) is 3.63. The first kappa shape index (κ1) is 14.7. The second kappa shape index (κ2) is 5.95. The summed E-state index contributed by atoms with van der Waals surface area (Å²) in [5, 5.41) is 9.58. The van der Waals surface area contributed by atoms with Crippen LogP contribution < -0.4 is 4.90 Å². The Hall–Kier alpha value is -2.91. The first-order valence-corrected chi connectivity index (χ1v) is 8.03. The zero-order valence-corrected chi connectivity index (χ0v) is 13.5. The minimum Gasteiger partial charge on any atom is -0.368 e. The molecule has 6 nitrogen and oxygen atoms in total. The summed E-state index contributed by atoms with van der Waals surface area (Å²) in [6, 6.07) is 10.2. The van der Waals surface area contributed by atoms with Crippen LogP contribution in [0.4, 0.5) is 5.69 Å². The van der Waals surface area contributed by atoms with Crippen LogP contribution in [0.25, 0.3) is 22.4 Å². The minimum atomic E-state index is 0.688. The number of benzene rings is 1. The van der Waals surface area contributed by atoms with E-state index in [9.17, 15) is 5.26 Å². The van der Waals surface area contributed by atoms with Gasteiger partial charge in [0.2, 0.25) is 0 Å². The molecule has 2 aromatic heterocycles. The number of aromatic amines is 1. The molecule has 0 aliphatic carbocycles. The van der Waals surface area contributed by atoms with Crippen molar-refractivity contribution in [3.05, 3.63) is 42.2 Å². The Morgan fingerprint density at radius 3 is 2.79 bits per heavy atom. The number of hydrogen-bond donors (Lipinski definition) is 1. The van der Waals surface area contributed by atoms with Gasteiger partial charge in [-0.3, -0.25) is 0 Å². The van der Waals surface area contributed by atoms with E-state index in [1.54, 1.807) is 6.20 Å².